The molecule has 1 aliphatic rings. The summed E-state index contributed by atoms with van der Waals surface area (Å²) in [7, 11) is 0. The van der Waals surface area contributed by atoms with E-state index in [9.17, 15) is 14.0 Å². The SMILES string of the molecule is CC1=C(c2ccc(F)cc2)OC(=O)C(c2ccc(C)cc2Br)C1=O. The molecular weight excluding hydrogens is 375 g/mol. The molecule has 0 aromatic heterocycles. The van der Waals surface area contributed by atoms with Crippen LogP contribution in [-0.4, -0.2) is 11.8 Å². The molecule has 1 aliphatic heterocycles. The minimum Gasteiger partial charge on any atom is -0.425 e. The van der Waals surface area contributed by atoms with Gasteiger partial charge in [-0.2, -0.15) is 0 Å². The standard InChI is InChI=1S/C19H14BrFO3/c1-10-3-8-14(15(20)9-10)16-17(22)11(2)18(24-19(16)23)12-4-6-13(21)7-5-12/h3-9,16H,1-2H3. The Morgan fingerprint density at radius 3 is 2.33 bits per heavy atom. The summed E-state index contributed by atoms with van der Waals surface area (Å²) in [6.07, 6.45) is 0. The van der Waals surface area contributed by atoms with Gasteiger partial charge in [-0.15, -0.1) is 0 Å². The second-order valence-corrected chi connectivity index (χ2v) is 6.56. The lowest BCUT2D eigenvalue weighted by molar-refractivity contribution is -0.143. The summed E-state index contributed by atoms with van der Waals surface area (Å²) in [5.74, 6) is -2.15. The number of aryl methyl sites for hydroxylation is 1. The van der Waals surface area contributed by atoms with Crippen LogP contribution in [0.1, 0.15) is 29.5 Å². The maximum absolute atomic E-state index is 13.1. The summed E-state index contributed by atoms with van der Waals surface area (Å²) in [6.45, 7) is 3.54. The van der Waals surface area contributed by atoms with E-state index in [1.54, 1.807) is 13.0 Å². The van der Waals surface area contributed by atoms with Crippen LogP contribution in [0.15, 0.2) is 52.5 Å². The number of esters is 1. The lowest BCUT2D eigenvalue weighted by atomic mass is 9.87. The van der Waals surface area contributed by atoms with E-state index in [0.717, 1.165) is 5.56 Å². The molecule has 2 aromatic rings. The summed E-state index contributed by atoms with van der Waals surface area (Å²) in [6, 6.07) is 10.9. The second-order valence-electron chi connectivity index (χ2n) is 5.70. The molecular formula is C19H14BrFO3. The molecule has 3 nitrogen and oxygen atoms in total. The van der Waals surface area contributed by atoms with Crippen molar-refractivity contribution in [3.63, 3.8) is 0 Å². The molecule has 122 valence electrons. The molecule has 0 fully saturated rings. The molecule has 0 N–H and O–H groups in total. The van der Waals surface area contributed by atoms with Gasteiger partial charge in [-0.3, -0.25) is 9.59 Å². The highest BCUT2D eigenvalue weighted by Crippen LogP contribution is 2.36. The van der Waals surface area contributed by atoms with Gasteiger partial charge in [0.25, 0.3) is 0 Å². The smallest absolute Gasteiger partial charge is 0.326 e. The van der Waals surface area contributed by atoms with E-state index in [0.29, 0.717) is 21.2 Å². The predicted molar refractivity (Wildman–Crippen MR) is 91.7 cm³/mol. The molecule has 5 heteroatoms. The zero-order valence-corrected chi connectivity index (χ0v) is 14.7. The molecule has 1 atom stereocenters. The monoisotopic (exact) mass is 388 g/mol. The van der Waals surface area contributed by atoms with Gasteiger partial charge in [-0.05, 0) is 55.3 Å². The molecule has 0 saturated carbocycles. The van der Waals surface area contributed by atoms with Crippen molar-refractivity contribution in [1.29, 1.82) is 0 Å². The number of ether oxygens (including phenoxy) is 1. The van der Waals surface area contributed by atoms with Crippen LogP contribution in [0.25, 0.3) is 5.76 Å². The van der Waals surface area contributed by atoms with Gasteiger partial charge in [0.2, 0.25) is 0 Å². The van der Waals surface area contributed by atoms with E-state index >= 15 is 0 Å². The summed E-state index contributed by atoms with van der Waals surface area (Å²) < 4.78 is 19.2. The number of benzene rings is 2. The van der Waals surface area contributed by atoms with Gasteiger partial charge in [0.1, 0.15) is 17.5 Å². The Morgan fingerprint density at radius 1 is 1.04 bits per heavy atom. The minimum absolute atomic E-state index is 0.185. The quantitative estimate of drug-likeness (QED) is 0.560. The van der Waals surface area contributed by atoms with Crippen molar-refractivity contribution in [2.75, 3.05) is 0 Å². The topological polar surface area (TPSA) is 43.4 Å². The summed E-state index contributed by atoms with van der Waals surface area (Å²) in [4.78, 5) is 25.2. The van der Waals surface area contributed by atoms with Crippen LogP contribution in [0.4, 0.5) is 4.39 Å². The van der Waals surface area contributed by atoms with E-state index in [2.05, 4.69) is 15.9 Å². The molecule has 1 unspecified atom stereocenters. The highest BCUT2D eigenvalue weighted by Gasteiger charge is 2.38. The van der Waals surface area contributed by atoms with E-state index in [1.165, 1.54) is 24.3 Å². The van der Waals surface area contributed by atoms with Crippen molar-refractivity contribution in [3.8, 4) is 0 Å². The van der Waals surface area contributed by atoms with Crippen LogP contribution in [0.3, 0.4) is 0 Å². The average molecular weight is 389 g/mol. The van der Waals surface area contributed by atoms with Crippen LogP contribution in [0.5, 0.6) is 0 Å². The molecule has 1 heterocycles. The maximum atomic E-state index is 13.1. The number of hydrogen-bond acceptors (Lipinski definition) is 3. The Kier molecular flexibility index (Phi) is 4.37. The lowest BCUT2D eigenvalue weighted by Crippen LogP contribution is -2.30. The van der Waals surface area contributed by atoms with Gasteiger partial charge >= 0.3 is 5.97 Å². The summed E-state index contributed by atoms with van der Waals surface area (Å²) in [5, 5.41) is 0. The molecule has 0 bridgehead atoms. The van der Waals surface area contributed by atoms with E-state index in [-0.39, 0.29) is 11.5 Å². The largest absolute Gasteiger partial charge is 0.425 e. The molecule has 0 amide bonds. The van der Waals surface area contributed by atoms with Crippen molar-refractivity contribution < 1.29 is 18.7 Å². The van der Waals surface area contributed by atoms with Crippen molar-refractivity contribution >= 4 is 33.4 Å². The highest BCUT2D eigenvalue weighted by molar-refractivity contribution is 9.10. The second kappa shape index (κ2) is 6.32. The van der Waals surface area contributed by atoms with Crippen LogP contribution in [0, 0.1) is 12.7 Å². The minimum atomic E-state index is -0.996. The number of ketones is 1. The first-order valence-electron chi connectivity index (χ1n) is 7.37. The zero-order valence-electron chi connectivity index (χ0n) is 13.1. The molecule has 0 radical (unpaired) electrons. The van der Waals surface area contributed by atoms with Crippen LogP contribution < -0.4 is 0 Å². The fourth-order valence-electron chi connectivity index (χ4n) is 2.68. The third-order valence-electron chi connectivity index (χ3n) is 3.98. The van der Waals surface area contributed by atoms with Crippen molar-refractivity contribution in [1.82, 2.24) is 0 Å². The Hall–Kier alpha value is -2.27. The number of carbonyl (C=O) groups is 2. The lowest BCUT2D eigenvalue weighted by Gasteiger charge is -2.24. The molecule has 0 aliphatic carbocycles. The normalized spacial score (nSPS) is 17.9. The van der Waals surface area contributed by atoms with E-state index in [1.807, 2.05) is 19.1 Å². The molecule has 0 spiro atoms. The fraction of sp³-hybridized carbons (Fsp3) is 0.158. The van der Waals surface area contributed by atoms with Crippen molar-refractivity contribution in [2.45, 2.75) is 19.8 Å². The fourth-order valence-corrected chi connectivity index (χ4v) is 3.40. The van der Waals surface area contributed by atoms with Crippen molar-refractivity contribution in [3.05, 3.63) is 75.0 Å². The van der Waals surface area contributed by atoms with Crippen LogP contribution in [-0.2, 0) is 14.3 Å². The van der Waals surface area contributed by atoms with Gasteiger partial charge in [-0.25, -0.2) is 4.39 Å². The van der Waals surface area contributed by atoms with E-state index < -0.39 is 17.7 Å². The molecule has 0 saturated heterocycles. The van der Waals surface area contributed by atoms with Gasteiger partial charge < -0.3 is 4.74 Å². The highest BCUT2D eigenvalue weighted by atomic mass is 79.9. The number of carbonyl (C=O) groups excluding carboxylic acids is 2. The third kappa shape index (κ3) is 2.91. The number of allylic oxidation sites excluding steroid dienone is 1. The molecule has 2 aromatic carbocycles. The van der Waals surface area contributed by atoms with Crippen LogP contribution >= 0.6 is 15.9 Å². The predicted octanol–water partition coefficient (Wildman–Crippen LogP) is 4.54. The summed E-state index contributed by atoms with van der Waals surface area (Å²) in [5.41, 5.74) is 2.44. The Morgan fingerprint density at radius 2 is 1.71 bits per heavy atom. The number of cyclic esters (lactones) is 1. The van der Waals surface area contributed by atoms with Gasteiger partial charge in [0, 0.05) is 15.6 Å². The first-order chi connectivity index (χ1) is 11.4. The first-order valence-corrected chi connectivity index (χ1v) is 8.16. The number of Topliss-reactive ketones (excluding diaryl/α,β-unsaturated/α-hetero) is 1. The van der Waals surface area contributed by atoms with Gasteiger partial charge in [0.05, 0.1) is 0 Å². The average Bonchev–Trinajstić information content (AvgIpc) is 2.54. The van der Waals surface area contributed by atoms with E-state index in [4.69, 9.17) is 4.74 Å². The number of halogens is 2. The van der Waals surface area contributed by atoms with Gasteiger partial charge in [-0.1, -0.05) is 28.1 Å². The maximum Gasteiger partial charge on any atom is 0.326 e. The Balaban J connectivity index is 2.04. The number of rotatable bonds is 2. The number of hydrogen-bond donors (Lipinski definition) is 0. The van der Waals surface area contributed by atoms with Crippen molar-refractivity contribution in [2.24, 2.45) is 0 Å². The third-order valence-corrected chi connectivity index (χ3v) is 4.67. The van der Waals surface area contributed by atoms with Gasteiger partial charge in [0.15, 0.2) is 5.78 Å². The zero-order chi connectivity index (χ0) is 17.4. The summed E-state index contributed by atoms with van der Waals surface area (Å²) >= 11 is 3.41. The Bertz CT molecular complexity index is 869. The van der Waals surface area contributed by atoms with Crippen LogP contribution in [0.2, 0.25) is 0 Å². The first kappa shape index (κ1) is 16.6. The molecule has 3 rings (SSSR count). The molecule has 24 heavy (non-hydrogen) atoms. The Labute approximate surface area is 147 Å².